The smallest absolute Gasteiger partial charge is 0.123 e. The van der Waals surface area contributed by atoms with E-state index in [9.17, 15) is 0 Å². The summed E-state index contributed by atoms with van der Waals surface area (Å²) in [4.78, 5) is 2.42. The molecule has 1 aliphatic heterocycles. The first-order chi connectivity index (χ1) is 8.33. The van der Waals surface area contributed by atoms with Gasteiger partial charge in [0.2, 0.25) is 0 Å². The second kappa shape index (κ2) is 6.27. The highest BCUT2D eigenvalue weighted by atomic mass is 35.5. The summed E-state index contributed by atoms with van der Waals surface area (Å²) in [5.74, 6) is 1.80. The Morgan fingerprint density at radius 2 is 2.24 bits per heavy atom. The molecule has 1 heterocycles. The van der Waals surface area contributed by atoms with Gasteiger partial charge < -0.3 is 4.74 Å². The fourth-order valence-electron chi connectivity index (χ4n) is 2.31. The largest absolute Gasteiger partial charge is 0.488 e. The van der Waals surface area contributed by atoms with Crippen molar-refractivity contribution < 1.29 is 4.74 Å². The summed E-state index contributed by atoms with van der Waals surface area (Å²) in [6.07, 6.45) is 2.39. The molecule has 17 heavy (non-hydrogen) atoms. The van der Waals surface area contributed by atoms with Crippen LogP contribution in [-0.2, 0) is 6.42 Å². The van der Waals surface area contributed by atoms with Crippen LogP contribution in [0.1, 0.15) is 18.9 Å². The van der Waals surface area contributed by atoms with Crippen molar-refractivity contribution in [2.75, 3.05) is 25.5 Å². The Balaban J connectivity index is 1.85. The van der Waals surface area contributed by atoms with Gasteiger partial charge in [0.1, 0.15) is 11.9 Å². The molecule has 1 unspecified atom stereocenters. The first-order valence-corrected chi connectivity index (χ1v) is 6.89. The third-order valence-corrected chi connectivity index (χ3v) is 3.50. The van der Waals surface area contributed by atoms with E-state index in [1.54, 1.807) is 0 Å². The first-order valence-electron chi connectivity index (χ1n) is 6.36. The van der Waals surface area contributed by atoms with Gasteiger partial charge in [-0.05, 0) is 31.1 Å². The number of alkyl halides is 1. The third kappa shape index (κ3) is 3.36. The number of rotatable bonds is 6. The van der Waals surface area contributed by atoms with Crippen molar-refractivity contribution in [3.8, 4) is 5.75 Å². The monoisotopic (exact) mass is 253 g/mol. The fraction of sp³-hybridized carbons (Fsp3) is 0.571. The number of fused-ring (bicyclic) bond motifs is 1. The topological polar surface area (TPSA) is 12.5 Å². The lowest BCUT2D eigenvalue weighted by Gasteiger charge is -2.23. The normalized spacial score (nSPS) is 18.2. The van der Waals surface area contributed by atoms with Gasteiger partial charge in [-0.3, -0.25) is 4.90 Å². The van der Waals surface area contributed by atoms with Crippen LogP contribution in [0.5, 0.6) is 5.75 Å². The number of benzene rings is 1. The van der Waals surface area contributed by atoms with Crippen LogP contribution in [0.3, 0.4) is 0 Å². The van der Waals surface area contributed by atoms with Crippen molar-refractivity contribution in [3.63, 3.8) is 0 Å². The lowest BCUT2D eigenvalue weighted by molar-refractivity contribution is 0.154. The number of hydrogen-bond acceptors (Lipinski definition) is 2. The molecule has 0 saturated carbocycles. The van der Waals surface area contributed by atoms with E-state index in [1.807, 2.05) is 6.07 Å². The number of para-hydroxylation sites is 1. The van der Waals surface area contributed by atoms with Gasteiger partial charge in [-0.2, -0.15) is 0 Å². The minimum absolute atomic E-state index is 0.308. The SMILES string of the molecule is CCN(CCCCl)CC1Cc2ccccc2O1. The molecule has 2 rings (SSSR count). The summed E-state index contributed by atoms with van der Waals surface area (Å²) in [6.45, 7) is 5.32. The van der Waals surface area contributed by atoms with E-state index in [0.29, 0.717) is 6.10 Å². The molecule has 3 heteroatoms. The summed E-state index contributed by atoms with van der Waals surface area (Å²) >= 11 is 5.73. The van der Waals surface area contributed by atoms with Crippen LogP contribution in [0.15, 0.2) is 24.3 Å². The van der Waals surface area contributed by atoms with Crippen molar-refractivity contribution in [3.05, 3.63) is 29.8 Å². The average Bonchev–Trinajstić information content (AvgIpc) is 2.76. The van der Waals surface area contributed by atoms with E-state index in [0.717, 1.165) is 44.1 Å². The highest BCUT2D eigenvalue weighted by Gasteiger charge is 2.23. The van der Waals surface area contributed by atoms with E-state index >= 15 is 0 Å². The predicted molar refractivity (Wildman–Crippen MR) is 72.0 cm³/mol. The Kier molecular flexibility index (Phi) is 4.69. The quantitative estimate of drug-likeness (QED) is 0.723. The first kappa shape index (κ1) is 12.7. The van der Waals surface area contributed by atoms with Crippen LogP contribution >= 0.6 is 11.6 Å². The zero-order chi connectivity index (χ0) is 12.1. The number of hydrogen-bond donors (Lipinski definition) is 0. The van der Waals surface area contributed by atoms with Crippen LogP contribution < -0.4 is 4.74 Å². The van der Waals surface area contributed by atoms with E-state index in [1.165, 1.54) is 5.56 Å². The van der Waals surface area contributed by atoms with Crippen LogP contribution in [-0.4, -0.2) is 36.5 Å². The zero-order valence-corrected chi connectivity index (χ0v) is 11.1. The van der Waals surface area contributed by atoms with E-state index in [4.69, 9.17) is 16.3 Å². The van der Waals surface area contributed by atoms with Crippen molar-refractivity contribution in [1.82, 2.24) is 4.90 Å². The molecule has 0 radical (unpaired) electrons. The van der Waals surface area contributed by atoms with Gasteiger partial charge in [0.15, 0.2) is 0 Å². The molecule has 2 nitrogen and oxygen atoms in total. The second-order valence-corrected chi connectivity index (χ2v) is 4.87. The van der Waals surface area contributed by atoms with E-state index < -0.39 is 0 Å². The average molecular weight is 254 g/mol. The molecule has 0 spiro atoms. The van der Waals surface area contributed by atoms with Gasteiger partial charge in [0.25, 0.3) is 0 Å². The van der Waals surface area contributed by atoms with Crippen LogP contribution in [0.4, 0.5) is 0 Å². The van der Waals surface area contributed by atoms with Crippen molar-refractivity contribution >= 4 is 11.6 Å². The number of likely N-dealkylation sites (N-methyl/N-ethyl adjacent to an activating group) is 1. The predicted octanol–water partition coefficient (Wildman–Crippen LogP) is 2.94. The third-order valence-electron chi connectivity index (χ3n) is 3.23. The molecular formula is C14H20ClNO. The molecular weight excluding hydrogens is 234 g/mol. The molecule has 0 bridgehead atoms. The fourth-order valence-corrected chi connectivity index (χ4v) is 2.43. The lowest BCUT2D eigenvalue weighted by Crippen LogP contribution is -2.35. The molecule has 0 N–H and O–H groups in total. The van der Waals surface area contributed by atoms with Crippen LogP contribution in [0.2, 0.25) is 0 Å². The number of nitrogens with zero attached hydrogens (tertiary/aromatic N) is 1. The molecule has 1 atom stereocenters. The molecule has 94 valence electrons. The van der Waals surface area contributed by atoms with Gasteiger partial charge >= 0.3 is 0 Å². The Labute approximate surface area is 109 Å². The maximum Gasteiger partial charge on any atom is 0.123 e. The minimum Gasteiger partial charge on any atom is -0.488 e. The van der Waals surface area contributed by atoms with Crippen molar-refractivity contribution in [1.29, 1.82) is 0 Å². The molecule has 1 aromatic carbocycles. The summed E-state index contributed by atoms with van der Waals surface area (Å²) < 4.78 is 5.94. The van der Waals surface area contributed by atoms with Gasteiger partial charge in [-0.15, -0.1) is 11.6 Å². The molecule has 0 aliphatic carbocycles. The van der Waals surface area contributed by atoms with E-state index in [2.05, 4.69) is 30.0 Å². The maximum absolute atomic E-state index is 5.94. The molecule has 1 aliphatic rings. The van der Waals surface area contributed by atoms with Gasteiger partial charge in [-0.25, -0.2) is 0 Å². The van der Waals surface area contributed by atoms with Crippen molar-refractivity contribution in [2.24, 2.45) is 0 Å². The number of ether oxygens (including phenoxy) is 1. The molecule has 1 aromatic rings. The number of halogens is 1. The molecule has 0 amide bonds. The Morgan fingerprint density at radius 1 is 1.41 bits per heavy atom. The second-order valence-electron chi connectivity index (χ2n) is 4.49. The minimum atomic E-state index is 0.308. The summed E-state index contributed by atoms with van der Waals surface area (Å²) in [6, 6.07) is 8.33. The van der Waals surface area contributed by atoms with Gasteiger partial charge in [0.05, 0.1) is 0 Å². The maximum atomic E-state index is 5.94. The highest BCUT2D eigenvalue weighted by Crippen LogP contribution is 2.28. The van der Waals surface area contributed by atoms with Gasteiger partial charge in [-0.1, -0.05) is 25.1 Å². The highest BCUT2D eigenvalue weighted by molar-refractivity contribution is 6.17. The standard InChI is InChI=1S/C14H20ClNO/c1-2-16(9-5-8-15)11-13-10-12-6-3-4-7-14(12)17-13/h3-4,6-7,13H,2,5,8-11H2,1H3. The zero-order valence-electron chi connectivity index (χ0n) is 10.4. The lowest BCUT2D eigenvalue weighted by atomic mass is 10.1. The van der Waals surface area contributed by atoms with Crippen LogP contribution in [0, 0.1) is 0 Å². The van der Waals surface area contributed by atoms with Crippen molar-refractivity contribution in [2.45, 2.75) is 25.9 Å². The van der Waals surface area contributed by atoms with E-state index in [-0.39, 0.29) is 0 Å². The molecule has 0 saturated heterocycles. The Bertz CT molecular complexity index is 331. The summed E-state index contributed by atoms with van der Waals surface area (Å²) in [5.41, 5.74) is 1.34. The van der Waals surface area contributed by atoms with Crippen LogP contribution in [0.25, 0.3) is 0 Å². The summed E-state index contributed by atoms with van der Waals surface area (Å²) in [7, 11) is 0. The molecule has 0 aromatic heterocycles. The summed E-state index contributed by atoms with van der Waals surface area (Å²) in [5, 5.41) is 0. The Hall–Kier alpha value is -0.730. The molecule has 0 fully saturated rings. The Morgan fingerprint density at radius 3 is 2.94 bits per heavy atom. The van der Waals surface area contributed by atoms with Gasteiger partial charge in [0, 0.05) is 18.8 Å².